The van der Waals surface area contributed by atoms with E-state index in [0.717, 1.165) is 81.5 Å². The van der Waals surface area contributed by atoms with Gasteiger partial charge in [0.25, 0.3) is 0 Å². The first-order valence-electron chi connectivity index (χ1n) is 17.8. The molecule has 9 unspecified atom stereocenters. The fourth-order valence-corrected chi connectivity index (χ4v) is 11.0. The number of rotatable bonds is 13. The second-order valence-corrected chi connectivity index (χ2v) is 15.3. The zero-order valence-electron chi connectivity index (χ0n) is 27.1. The highest BCUT2D eigenvalue weighted by Gasteiger charge is 2.59. The first-order chi connectivity index (χ1) is 20.3. The summed E-state index contributed by atoms with van der Waals surface area (Å²) in [5.41, 5.74) is 6.57. The van der Waals surface area contributed by atoms with Crippen molar-refractivity contribution in [1.82, 2.24) is 15.5 Å². The molecule has 0 aromatic heterocycles. The third-order valence-electron chi connectivity index (χ3n) is 13.4. The van der Waals surface area contributed by atoms with Crippen molar-refractivity contribution in [2.45, 2.75) is 129 Å². The van der Waals surface area contributed by atoms with Crippen molar-refractivity contribution in [3.05, 3.63) is 0 Å². The smallest absolute Gasteiger partial charge is 0.328 e. The number of likely N-dealkylation sites (tertiary alicyclic amines) is 1. The van der Waals surface area contributed by atoms with Gasteiger partial charge in [-0.05, 0) is 163 Å². The number of methoxy groups -OCH3 is 1. The standard InChI is InChI=1S/C35H62N4O3/c1-34-18-16-30-28(13-11-26-24-27(15-17-35(26,30)2)38-22-7-21-37-20-6-19-36)29(34)14-12-25(34)8-4-10-32(40)39-23-5-9-31(39)33(41)42-3/h25-31,37-38H,4-24,36H2,1-3H3. The minimum Gasteiger partial charge on any atom is -0.467 e. The second-order valence-electron chi connectivity index (χ2n) is 15.3. The number of carbonyl (C=O) groups is 2. The molecule has 0 radical (unpaired) electrons. The van der Waals surface area contributed by atoms with E-state index in [1.165, 1.54) is 77.7 Å². The van der Waals surface area contributed by atoms with Gasteiger partial charge in [-0.2, -0.15) is 0 Å². The fourth-order valence-electron chi connectivity index (χ4n) is 11.0. The van der Waals surface area contributed by atoms with Gasteiger partial charge in [-0.3, -0.25) is 4.79 Å². The van der Waals surface area contributed by atoms with E-state index < -0.39 is 0 Å². The van der Waals surface area contributed by atoms with Crippen LogP contribution < -0.4 is 16.4 Å². The summed E-state index contributed by atoms with van der Waals surface area (Å²) in [6.45, 7) is 10.1. The number of hydrogen-bond donors (Lipinski definition) is 3. The van der Waals surface area contributed by atoms with Crippen molar-refractivity contribution >= 4 is 11.9 Å². The minimum absolute atomic E-state index is 0.154. The van der Waals surface area contributed by atoms with Gasteiger partial charge in [0.05, 0.1) is 7.11 Å². The molecule has 5 rings (SSSR count). The van der Waals surface area contributed by atoms with Gasteiger partial charge >= 0.3 is 5.97 Å². The highest BCUT2D eigenvalue weighted by Crippen LogP contribution is 2.67. The van der Waals surface area contributed by atoms with Crippen molar-refractivity contribution < 1.29 is 14.3 Å². The maximum atomic E-state index is 13.0. The van der Waals surface area contributed by atoms with Crippen molar-refractivity contribution in [3.8, 4) is 0 Å². The molecule has 1 amide bonds. The molecule has 1 heterocycles. The SMILES string of the molecule is COC(=O)C1CCCN1C(=O)CCCC1CCC2C3CCC4CC(NCCCNCCCN)CCC4(C)C3CCC12C. The van der Waals surface area contributed by atoms with E-state index in [9.17, 15) is 9.59 Å². The summed E-state index contributed by atoms with van der Waals surface area (Å²) in [7, 11) is 1.43. The number of nitrogens with two attached hydrogens (primary N) is 1. The molecule has 4 aliphatic carbocycles. The largest absolute Gasteiger partial charge is 0.467 e. The Kier molecular flexibility index (Phi) is 11.0. The molecule has 1 saturated heterocycles. The zero-order valence-corrected chi connectivity index (χ0v) is 27.1. The van der Waals surface area contributed by atoms with Crippen molar-refractivity contribution in [1.29, 1.82) is 0 Å². The monoisotopic (exact) mass is 586 g/mol. The van der Waals surface area contributed by atoms with Gasteiger partial charge in [0, 0.05) is 19.0 Å². The van der Waals surface area contributed by atoms with Gasteiger partial charge in [0.15, 0.2) is 0 Å². The topological polar surface area (TPSA) is 96.7 Å². The van der Waals surface area contributed by atoms with Crippen LogP contribution >= 0.6 is 0 Å². The highest BCUT2D eigenvalue weighted by molar-refractivity contribution is 5.85. The number of ether oxygens (including phenoxy) is 1. The second kappa shape index (κ2) is 14.3. The molecule has 5 aliphatic rings. The summed E-state index contributed by atoms with van der Waals surface area (Å²) >= 11 is 0. The number of amides is 1. The number of hydrogen-bond acceptors (Lipinski definition) is 6. The van der Waals surface area contributed by atoms with Crippen LogP contribution in [0, 0.1) is 40.4 Å². The molecule has 0 spiro atoms. The summed E-state index contributed by atoms with van der Waals surface area (Å²) in [5, 5.41) is 7.44. The Labute approximate surface area is 256 Å². The molecule has 5 fully saturated rings. The van der Waals surface area contributed by atoms with Crippen LogP contribution in [0.25, 0.3) is 0 Å². The Balaban J connectivity index is 1.09. The lowest BCUT2D eigenvalue weighted by atomic mass is 9.44. The van der Waals surface area contributed by atoms with E-state index in [2.05, 4.69) is 24.5 Å². The lowest BCUT2D eigenvalue weighted by Crippen LogP contribution is -2.55. The van der Waals surface area contributed by atoms with Crippen molar-refractivity contribution in [2.24, 2.45) is 46.2 Å². The Hall–Kier alpha value is -1.18. The van der Waals surface area contributed by atoms with Crippen LogP contribution in [0.15, 0.2) is 0 Å². The lowest BCUT2D eigenvalue weighted by Gasteiger charge is -2.61. The predicted molar refractivity (Wildman–Crippen MR) is 169 cm³/mol. The number of nitrogens with zero attached hydrogens (tertiary/aromatic N) is 1. The van der Waals surface area contributed by atoms with E-state index in [4.69, 9.17) is 10.5 Å². The van der Waals surface area contributed by atoms with Crippen LogP contribution in [-0.2, 0) is 14.3 Å². The zero-order chi connectivity index (χ0) is 29.7. The number of carbonyl (C=O) groups excluding carboxylic acids is 2. The summed E-state index contributed by atoms with van der Waals surface area (Å²) in [4.78, 5) is 26.9. The molecular weight excluding hydrogens is 524 g/mol. The van der Waals surface area contributed by atoms with Crippen LogP contribution in [0.2, 0.25) is 0 Å². The van der Waals surface area contributed by atoms with E-state index in [1.807, 2.05) is 0 Å². The average Bonchev–Trinajstić information content (AvgIpc) is 3.61. The Morgan fingerprint density at radius 2 is 1.69 bits per heavy atom. The summed E-state index contributed by atoms with van der Waals surface area (Å²) in [6, 6.07) is 0.349. The molecule has 7 nitrogen and oxygen atoms in total. The van der Waals surface area contributed by atoms with Crippen LogP contribution in [0.4, 0.5) is 0 Å². The first kappa shape index (κ1) is 32.2. The van der Waals surface area contributed by atoms with E-state index in [1.54, 1.807) is 4.90 Å². The molecule has 240 valence electrons. The summed E-state index contributed by atoms with van der Waals surface area (Å²) in [5.74, 6) is 4.24. The van der Waals surface area contributed by atoms with Crippen LogP contribution in [-0.4, -0.2) is 68.7 Å². The van der Waals surface area contributed by atoms with Crippen LogP contribution in [0.3, 0.4) is 0 Å². The van der Waals surface area contributed by atoms with Crippen molar-refractivity contribution in [3.63, 3.8) is 0 Å². The quantitative estimate of drug-likeness (QED) is 0.201. The molecule has 0 aromatic rings. The Bertz CT molecular complexity index is 915. The number of nitrogens with one attached hydrogen (secondary N) is 2. The highest BCUT2D eigenvalue weighted by atomic mass is 16.5. The summed E-state index contributed by atoms with van der Waals surface area (Å²) < 4.78 is 4.95. The van der Waals surface area contributed by atoms with Gasteiger partial charge in [0.1, 0.15) is 6.04 Å². The maximum Gasteiger partial charge on any atom is 0.328 e. The third-order valence-corrected chi connectivity index (χ3v) is 13.4. The van der Waals surface area contributed by atoms with E-state index >= 15 is 0 Å². The van der Waals surface area contributed by atoms with Gasteiger partial charge in [-0.15, -0.1) is 0 Å². The summed E-state index contributed by atoms with van der Waals surface area (Å²) in [6.07, 6.45) is 19.2. The van der Waals surface area contributed by atoms with E-state index in [0.29, 0.717) is 29.8 Å². The molecule has 7 heteroatoms. The third kappa shape index (κ3) is 6.59. The minimum atomic E-state index is -0.359. The molecule has 4 saturated carbocycles. The van der Waals surface area contributed by atoms with Crippen molar-refractivity contribution in [2.75, 3.05) is 39.8 Å². The molecule has 42 heavy (non-hydrogen) atoms. The van der Waals surface area contributed by atoms with Crippen LogP contribution in [0.1, 0.15) is 117 Å². The molecule has 0 aromatic carbocycles. The van der Waals surface area contributed by atoms with Gasteiger partial charge in [-0.25, -0.2) is 4.79 Å². The average molecular weight is 587 g/mol. The lowest BCUT2D eigenvalue weighted by molar-refractivity contribution is -0.151. The molecule has 0 bridgehead atoms. The molecule has 1 aliphatic heterocycles. The predicted octanol–water partition coefficient (Wildman–Crippen LogP) is 5.27. The molecule has 4 N–H and O–H groups in total. The van der Waals surface area contributed by atoms with Crippen LogP contribution in [0.5, 0.6) is 0 Å². The van der Waals surface area contributed by atoms with Gasteiger partial charge in [-0.1, -0.05) is 13.8 Å². The molecule has 9 atom stereocenters. The first-order valence-corrected chi connectivity index (χ1v) is 17.8. The number of esters is 1. The normalized spacial score (nSPS) is 39.4. The Morgan fingerprint density at radius 3 is 2.50 bits per heavy atom. The fraction of sp³-hybridized carbons (Fsp3) is 0.943. The maximum absolute atomic E-state index is 13.0. The van der Waals surface area contributed by atoms with E-state index in [-0.39, 0.29) is 17.9 Å². The van der Waals surface area contributed by atoms with Gasteiger partial charge < -0.3 is 26.0 Å². The van der Waals surface area contributed by atoms with Gasteiger partial charge in [0.2, 0.25) is 5.91 Å². The molecular formula is C35H62N4O3. The number of fused-ring (bicyclic) bond motifs is 5. The Morgan fingerprint density at radius 1 is 0.905 bits per heavy atom.